The van der Waals surface area contributed by atoms with E-state index in [1.807, 2.05) is 37.4 Å². The average molecular weight is 392 g/mol. The van der Waals surface area contributed by atoms with Crippen LogP contribution in [0.25, 0.3) is 0 Å². The standard InChI is InChI=1S/C22H24F4N2/c1-21(15-10-12-16(23)13-11-15)14-28-19-8-4-2-6-17(19)18(21)7-3-5-9-20(27)22(24,25)26/h2,4,6,8,10-14,18,20H,3,5,7,9,27H2,1H3. The van der Waals surface area contributed by atoms with Gasteiger partial charge in [0.15, 0.2) is 0 Å². The lowest BCUT2D eigenvalue weighted by molar-refractivity contribution is -0.149. The monoisotopic (exact) mass is 392 g/mol. The molecule has 0 saturated carbocycles. The SMILES string of the molecule is CC1(c2ccc(F)cc2)C=Nc2ccccc2C1CCCCC(N)C(F)(F)F. The molecule has 1 aliphatic rings. The van der Waals surface area contributed by atoms with Crippen molar-refractivity contribution >= 4 is 11.9 Å². The van der Waals surface area contributed by atoms with E-state index in [2.05, 4.69) is 4.99 Å². The van der Waals surface area contributed by atoms with Gasteiger partial charge in [0.2, 0.25) is 0 Å². The fraction of sp³-hybridized carbons (Fsp3) is 0.409. The second-order valence-corrected chi connectivity index (χ2v) is 7.59. The van der Waals surface area contributed by atoms with E-state index in [1.165, 1.54) is 12.1 Å². The van der Waals surface area contributed by atoms with E-state index in [9.17, 15) is 17.6 Å². The number of hydrogen-bond acceptors (Lipinski definition) is 2. The first-order valence-corrected chi connectivity index (χ1v) is 9.44. The van der Waals surface area contributed by atoms with E-state index in [0.29, 0.717) is 19.3 Å². The van der Waals surface area contributed by atoms with Crippen LogP contribution in [0.5, 0.6) is 0 Å². The van der Waals surface area contributed by atoms with Crippen LogP contribution in [0.1, 0.15) is 49.7 Å². The highest BCUT2D eigenvalue weighted by Crippen LogP contribution is 2.47. The fourth-order valence-electron chi connectivity index (χ4n) is 3.93. The van der Waals surface area contributed by atoms with E-state index in [4.69, 9.17) is 5.73 Å². The molecule has 0 fully saturated rings. The number of nitrogens with zero attached hydrogens (tertiary/aromatic N) is 1. The normalized spacial score (nSPS) is 22.7. The van der Waals surface area contributed by atoms with Crippen LogP contribution in [-0.4, -0.2) is 18.4 Å². The number of nitrogens with two attached hydrogens (primary N) is 1. The summed E-state index contributed by atoms with van der Waals surface area (Å²) in [5.41, 5.74) is 7.63. The number of aliphatic imine (C=N–C) groups is 1. The molecule has 28 heavy (non-hydrogen) atoms. The highest BCUT2D eigenvalue weighted by Gasteiger charge is 2.39. The predicted octanol–water partition coefficient (Wildman–Crippen LogP) is 6.03. The zero-order valence-corrected chi connectivity index (χ0v) is 15.7. The first-order valence-electron chi connectivity index (χ1n) is 9.44. The minimum atomic E-state index is -4.35. The zero-order valence-electron chi connectivity index (χ0n) is 15.7. The molecule has 0 spiro atoms. The molecule has 0 saturated heterocycles. The van der Waals surface area contributed by atoms with Gasteiger partial charge in [-0.15, -0.1) is 0 Å². The Kier molecular flexibility index (Phi) is 5.89. The summed E-state index contributed by atoms with van der Waals surface area (Å²) in [6, 6.07) is 12.4. The number of benzene rings is 2. The second-order valence-electron chi connectivity index (χ2n) is 7.59. The van der Waals surface area contributed by atoms with Crippen LogP contribution >= 0.6 is 0 Å². The van der Waals surface area contributed by atoms with Crippen molar-refractivity contribution in [1.82, 2.24) is 0 Å². The molecule has 2 aromatic carbocycles. The van der Waals surface area contributed by atoms with Crippen molar-refractivity contribution in [3.8, 4) is 0 Å². The van der Waals surface area contributed by atoms with Crippen LogP contribution in [0.4, 0.5) is 23.2 Å². The number of rotatable bonds is 6. The average Bonchev–Trinajstić information content (AvgIpc) is 2.66. The molecule has 3 atom stereocenters. The summed E-state index contributed by atoms with van der Waals surface area (Å²) in [7, 11) is 0. The summed E-state index contributed by atoms with van der Waals surface area (Å²) in [5, 5.41) is 0. The van der Waals surface area contributed by atoms with E-state index in [1.54, 1.807) is 12.1 Å². The maximum Gasteiger partial charge on any atom is 0.403 e. The molecule has 3 rings (SSSR count). The number of alkyl halides is 3. The van der Waals surface area contributed by atoms with E-state index < -0.39 is 17.6 Å². The second kappa shape index (κ2) is 8.03. The van der Waals surface area contributed by atoms with Gasteiger partial charge in [0.05, 0.1) is 5.69 Å². The highest BCUT2D eigenvalue weighted by atomic mass is 19.4. The van der Waals surface area contributed by atoms with Gasteiger partial charge in [-0.1, -0.05) is 43.2 Å². The molecule has 2 N–H and O–H groups in total. The van der Waals surface area contributed by atoms with Crippen LogP contribution in [0.3, 0.4) is 0 Å². The molecule has 6 heteroatoms. The largest absolute Gasteiger partial charge is 0.403 e. The molecule has 3 unspecified atom stereocenters. The van der Waals surface area contributed by atoms with Gasteiger partial charge >= 0.3 is 6.18 Å². The molecule has 0 amide bonds. The Balaban J connectivity index is 1.81. The molecule has 0 radical (unpaired) electrons. The Morgan fingerprint density at radius 1 is 1.07 bits per heavy atom. The smallest absolute Gasteiger partial charge is 0.320 e. The number of hydrogen-bond donors (Lipinski definition) is 1. The number of para-hydroxylation sites is 1. The first-order chi connectivity index (χ1) is 13.2. The zero-order chi connectivity index (χ0) is 20.4. The molecule has 0 aromatic heterocycles. The lowest BCUT2D eigenvalue weighted by Crippen LogP contribution is -2.37. The van der Waals surface area contributed by atoms with Crippen molar-refractivity contribution in [2.24, 2.45) is 10.7 Å². The Labute approximate surface area is 162 Å². The Morgan fingerprint density at radius 3 is 2.43 bits per heavy atom. The van der Waals surface area contributed by atoms with Gasteiger partial charge in [-0.3, -0.25) is 4.99 Å². The van der Waals surface area contributed by atoms with Crippen molar-refractivity contribution in [3.63, 3.8) is 0 Å². The van der Waals surface area contributed by atoms with Gasteiger partial charge in [0, 0.05) is 17.5 Å². The Hall–Kier alpha value is -2.21. The van der Waals surface area contributed by atoms with Crippen LogP contribution in [0, 0.1) is 5.82 Å². The first kappa shape index (κ1) is 20.5. The van der Waals surface area contributed by atoms with Gasteiger partial charge in [0.1, 0.15) is 11.9 Å². The highest BCUT2D eigenvalue weighted by molar-refractivity contribution is 5.82. The lowest BCUT2D eigenvalue weighted by Gasteiger charge is -2.39. The molecular weight excluding hydrogens is 368 g/mol. The van der Waals surface area contributed by atoms with Gasteiger partial charge in [-0.25, -0.2) is 4.39 Å². The quantitative estimate of drug-likeness (QED) is 0.473. The lowest BCUT2D eigenvalue weighted by atomic mass is 9.66. The van der Waals surface area contributed by atoms with E-state index >= 15 is 0 Å². The summed E-state index contributed by atoms with van der Waals surface area (Å²) in [6.45, 7) is 2.05. The molecular formula is C22H24F4N2. The number of fused-ring (bicyclic) bond motifs is 1. The molecule has 1 aliphatic heterocycles. The molecule has 0 bridgehead atoms. The third kappa shape index (κ3) is 4.27. The van der Waals surface area contributed by atoms with Crippen molar-refractivity contribution < 1.29 is 17.6 Å². The van der Waals surface area contributed by atoms with Gasteiger partial charge in [0.25, 0.3) is 0 Å². The molecule has 150 valence electrons. The third-order valence-electron chi connectivity index (χ3n) is 5.65. The molecule has 2 nitrogen and oxygen atoms in total. The summed E-state index contributed by atoms with van der Waals surface area (Å²) < 4.78 is 51.3. The minimum absolute atomic E-state index is 0.0359. The minimum Gasteiger partial charge on any atom is -0.320 e. The number of halogens is 4. The van der Waals surface area contributed by atoms with Crippen molar-refractivity contribution in [2.75, 3.05) is 0 Å². The number of unbranched alkanes of at least 4 members (excludes halogenated alkanes) is 1. The summed E-state index contributed by atoms with van der Waals surface area (Å²) in [4.78, 5) is 4.60. The van der Waals surface area contributed by atoms with E-state index in [-0.39, 0.29) is 18.2 Å². The molecule has 0 aliphatic carbocycles. The maximum atomic E-state index is 13.4. The van der Waals surface area contributed by atoms with Crippen molar-refractivity contribution in [3.05, 3.63) is 65.5 Å². The predicted molar refractivity (Wildman–Crippen MR) is 104 cm³/mol. The van der Waals surface area contributed by atoms with Crippen LogP contribution in [-0.2, 0) is 5.41 Å². The van der Waals surface area contributed by atoms with Gasteiger partial charge in [-0.2, -0.15) is 13.2 Å². The summed E-state index contributed by atoms with van der Waals surface area (Å²) in [5.74, 6) is -0.271. The Morgan fingerprint density at radius 2 is 1.75 bits per heavy atom. The van der Waals surface area contributed by atoms with Crippen molar-refractivity contribution in [2.45, 2.75) is 56.2 Å². The van der Waals surface area contributed by atoms with Crippen LogP contribution in [0.2, 0.25) is 0 Å². The summed E-state index contributed by atoms with van der Waals surface area (Å²) in [6.07, 6.45) is -0.842. The third-order valence-corrected chi connectivity index (χ3v) is 5.65. The molecule has 1 heterocycles. The van der Waals surface area contributed by atoms with Crippen molar-refractivity contribution in [1.29, 1.82) is 0 Å². The van der Waals surface area contributed by atoms with Gasteiger partial charge < -0.3 is 5.73 Å². The Bertz CT molecular complexity index is 829. The van der Waals surface area contributed by atoms with Crippen LogP contribution < -0.4 is 5.73 Å². The fourth-order valence-corrected chi connectivity index (χ4v) is 3.93. The molecule has 2 aromatic rings. The van der Waals surface area contributed by atoms with Gasteiger partial charge in [-0.05, 0) is 49.1 Å². The summed E-state index contributed by atoms with van der Waals surface area (Å²) >= 11 is 0. The van der Waals surface area contributed by atoms with E-state index in [0.717, 1.165) is 16.8 Å². The topological polar surface area (TPSA) is 38.4 Å². The maximum absolute atomic E-state index is 13.4. The van der Waals surface area contributed by atoms with Crippen LogP contribution in [0.15, 0.2) is 53.5 Å².